The number of halogens is 1. The molecule has 2 heterocycles. The van der Waals surface area contributed by atoms with Crippen LogP contribution in [0.5, 0.6) is 5.75 Å². The monoisotopic (exact) mass is 195 g/mol. The largest absolute Gasteiger partial charge is 0.504 e. The van der Waals surface area contributed by atoms with E-state index >= 15 is 0 Å². The normalized spacial score (nSPS) is 10.2. The molecule has 2 N–H and O–H groups in total. The lowest BCUT2D eigenvalue weighted by molar-refractivity contribution is 0.474. The van der Waals surface area contributed by atoms with E-state index in [4.69, 9.17) is 11.6 Å². The standard InChI is InChI=1S/C8H6ClN3O/c9-7-6(13)5(1-2-10-7)8-11-3-4-12-8/h1-4,13H,(H,11,12). The van der Waals surface area contributed by atoms with Gasteiger partial charge in [-0.2, -0.15) is 0 Å². The van der Waals surface area contributed by atoms with Crippen LogP contribution in [0.15, 0.2) is 24.7 Å². The van der Waals surface area contributed by atoms with Gasteiger partial charge in [0.05, 0.1) is 5.56 Å². The van der Waals surface area contributed by atoms with Crippen molar-refractivity contribution < 1.29 is 5.11 Å². The van der Waals surface area contributed by atoms with E-state index < -0.39 is 0 Å². The molecule has 0 saturated heterocycles. The molecule has 0 fully saturated rings. The molecule has 0 aliphatic heterocycles. The molecule has 5 heteroatoms. The second kappa shape index (κ2) is 3.06. The minimum Gasteiger partial charge on any atom is -0.504 e. The quantitative estimate of drug-likeness (QED) is 0.683. The summed E-state index contributed by atoms with van der Waals surface area (Å²) in [7, 11) is 0. The molecular weight excluding hydrogens is 190 g/mol. The second-order valence-electron chi connectivity index (χ2n) is 2.44. The van der Waals surface area contributed by atoms with Gasteiger partial charge in [-0.3, -0.25) is 0 Å². The third kappa shape index (κ3) is 1.36. The molecule has 0 bridgehead atoms. The average Bonchev–Trinajstić information content (AvgIpc) is 2.62. The second-order valence-corrected chi connectivity index (χ2v) is 2.79. The molecule has 0 spiro atoms. The zero-order valence-corrected chi connectivity index (χ0v) is 7.28. The smallest absolute Gasteiger partial charge is 0.171 e. The number of nitrogens with one attached hydrogen (secondary N) is 1. The first-order valence-corrected chi connectivity index (χ1v) is 4.00. The highest BCUT2D eigenvalue weighted by Crippen LogP contribution is 2.30. The molecule has 0 amide bonds. The molecule has 0 saturated carbocycles. The van der Waals surface area contributed by atoms with Crippen molar-refractivity contribution in [2.24, 2.45) is 0 Å². The summed E-state index contributed by atoms with van der Waals surface area (Å²) in [5.41, 5.74) is 0.546. The predicted molar refractivity (Wildman–Crippen MR) is 48.5 cm³/mol. The molecule has 0 radical (unpaired) electrons. The highest BCUT2D eigenvalue weighted by Gasteiger charge is 2.09. The fourth-order valence-corrected chi connectivity index (χ4v) is 1.19. The summed E-state index contributed by atoms with van der Waals surface area (Å²) >= 11 is 5.63. The van der Waals surface area contributed by atoms with E-state index in [-0.39, 0.29) is 10.9 Å². The van der Waals surface area contributed by atoms with E-state index in [0.717, 1.165) is 0 Å². The number of H-pyrrole nitrogens is 1. The Balaban J connectivity index is 2.59. The number of aromatic amines is 1. The summed E-state index contributed by atoms with van der Waals surface area (Å²) < 4.78 is 0. The van der Waals surface area contributed by atoms with E-state index in [1.165, 1.54) is 6.20 Å². The Morgan fingerprint density at radius 1 is 1.31 bits per heavy atom. The molecule has 0 aliphatic carbocycles. The van der Waals surface area contributed by atoms with E-state index in [9.17, 15) is 5.11 Å². The summed E-state index contributed by atoms with van der Waals surface area (Å²) in [6.45, 7) is 0. The van der Waals surface area contributed by atoms with Gasteiger partial charge in [0.25, 0.3) is 0 Å². The SMILES string of the molecule is Oc1c(-c2ncc[nH]2)ccnc1Cl. The van der Waals surface area contributed by atoms with Crippen LogP contribution in [0.3, 0.4) is 0 Å². The number of hydrogen-bond acceptors (Lipinski definition) is 3. The first-order valence-electron chi connectivity index (χ1n) is 3.62. The maximum Gasteiger partial charge on any atom is 0.171 e. The Morgan fingerprint density at radius 3 is 2.85 bits per heavy atom. The molecule has 13 heavy (non-hydrogen) atoms. The maximum atomic E-state index is 9.51. The van der Waals surface area contributed by atoms with Crippen molar-refractivity contribution in [1.29, 1.82) is 0 Å². The number of hydrogen-bond donors (Lipinski definition) is 2. The lowest BCUT2D eigenvalue weighted by atomic mass is 10.2. The molecule has 66 valence electrons. The van der Waals surface area contributed by atoms with Crippen molar-refractivity contribution in [3.8, 4) is 17.1 Å². The Morgan fingerprint density at radius 2 is 2.15 bits per heavy atom. The van der Waals surface area contributed by atoms with Crippen molar-refractivity contribution in [2.45, 2.75) is 0 Å². The Labute approximate surface area is 79.2 Å². The van der Waals surface area contributed by atoms with Crippen molar-refractivity contribution in [3.63, 3.8) is 0 Å². The highest BCUT2D eigenvalue weighted by molar-refractivity contribution is 6.31. The van der Waals surface area contributed by atoms with Gasteiger partial charge >= 0.3 is 0 Å². The lowest BCUT2D eigenvalue weighted by Crippen LogP contribution is -1.84. The average molecular weight is 196 g/mol. The fraction of sp³-hybridized carbons (Fsp3) is 0. The van der Waals surface area contributed by atoms with Crippen LogP contribution in [0.4, 0.5) is 0 Å². The van der Waals surface area contributed by atoms with Gasteiger partial charge in [0.1, 0.15) is 5.82 Å². The van der Waals surface area contributed by atoms with Crippen LogP contribution in [0.25, 0.3) is 11.4 Å². The maximum absolute atomic E-state index is 9.51. The van der Waals surface area contributed by atoms with E-state index in [1.807, 2.05) is 0 Å². The zero-order chi connectivity index (χ0) is 9.26. The summed E-state index contributed by atoms with van der Waals surface area (Å²) in [4.78, 5) is 10.6. The van der Waals surface area contributed by atoms with Crippen LogP contribution < -0.4 is 0 Å². The van der Waals surface area contributed by atoms with Crippen LogP contribution in [0.1, 0.15) is 0 Å². The van der Waals surface area contributed by atoms with Crippen molar-refractivity contribution in [2.75, 3.05) is 0 Å². The van der Waals surface area contributed by atoms with Gasteiger partial charge in [0.2, 0.25) is 0 Å². The van der Waals surface area contributed by atoms with E-state index in [0.29, 0.717) is 11.4 Å². The molecule has 0 atom stereocenters. The van der Waals surface area contributed by atoms with Gasteiger partial charge < -0.3 is 10.1 Å². The van der Waals surface area contributed by atoms with Crippen molar-refractivity contribution in [3.05, 3.63) is 29.8 Å². The molecule has 0 aliphatic rings. The zero-order valence-electron chi connectivity index (χ0n) is 6.53. The molecule has 0 unspecified atom stereocenters. The van der Waals surface area contributed by atoms with Crippen LogP contribution in [-0.2, 0) is 0 Å². The van der Waals surface area contributed by atoms with Crippen LogP contribution >= 0.6 is 11.6 Å². The Kier molecular flexibility index (Phi) is 1.90. The minimum atomic E-state index is -0.0564. The molecule has 2 aromatic heterocycles. The lowest BCUT2D eigenvalue weighted by Gasteiger charge is -2.00. The Hall–Kier alpha value is -1.55. The van der Waals surface area contributed by atoms with Crippen LogP contribution in [0, 0.1) is 0 Å². The molecule has 0 aromatic carbocycles. The van der Waals surface area contributed by atoms with Gasteiger partial charge in [-0.15, -0.1) is 0 Å². The fourth-order valence-electron chi connectivity index (χ4n) is 1.03. The summed E-state index contributed by atoms with van der Waals surface area (Å²) in [6, 6.07) is 1.64. The van der Waals surface area contributed by atoms with Crippen LogP contribution in [-0.4, -0.2) is 20.1 Å². The van der Waals surface area contributed by atoms with Crippen LogP contribution in [0.2, 0.25) is 5.15 Å². The summed E-state index contributed by atoms with van der Waals surface area (Å²) in [6.07, 6.45) is 4.78. The van der Waals surface area contributed by atoms with Gasteiger partial charge in [-0.25, -0.2) is 9.97 Å². The number of aromatic nitrogens is 3. The third-order valence-corrected chi connectivity index (χ3v) is 1.91. The molecule has 4 nitrogen and oxygen atoms in total. The first kappa shape index (κ1) is 8.07. The van der Waals surface area contributed by atoms with Gasteiger partial charge in [0, 0.05) is 18.6 Å². The third-order valence-electron chi connectivity index (χ3n) is 1.63. The van der Waals surface area contributed by atoms with E-state index in [2.05, 4.69) is 15.0 Å². The van der Waals surface area contributed by atoms with Gasteiger partial charge in [-0.1, -0.05) is 11.6 Å². The minimum absolute atomic E-state index is 0.0564. The highest BCUT2D eigenvalue weighted by atomic mass is 35.5. The number of nitrogens with zero attached hydrogens (tertiary/aromatic N) is 2. The van der Waals surface area contributed by atoms with Crippen molar-refractivity contribution in [1.82, 2.24) is 15.0 Å². The summed E-state index contributed by atoms with van der Waals surface area (Å²) in [5, 5.41) is 9.59. The number of aromatic hydroxyl groups is 1. The molecular formula is C8H6ClN3O. The van der Waals surface area contributed by atoms with Crippen molar-refractivity contribution >= 4 is 11.6 Å². The number of imidazole rings is 1. The topological polar surface area (TPSA) is 61.8 Å². The molecule has 2 rings (SSSR count). The first-order chi connectivity index (χ1) is 6.29. The van der Waals surface area contributed by atoms with Gasteiger partial charge in [-0.05, 0) is 6.07 Å². The number of rotatable bonds is 1. The number of pyridine rings is 1. The van der Waals surface area contributed by atoms with E-state index in [1.54, 1.807) is 18.5 Å². The summed E-state index contributed by atoms with van der Waals surface area (Å²) in [5.74, 6) is 0.515. The molecule has 2 aromatic rings. The predicted octanol–water partition coefficient (Wildman–Crippen LogP) is 1.83. The Bertz CT molecular complexity index is 413. The van der Waals surface area contributed by atoms with Gasteiger partial charge in [0.15, 0.2) is 10.9 Å².